The molecule has 3 heterocycles. The fourth-order valence-electron chi connectivity index (χ4n) is 3.72. The molecule has 0 radical (unpaired) electrons. The number of benzene rings is 1. The van der Waals surface area contributed by atoms with Gasteiger partial charge in [0.1, 0.15) is 17.7 Å². The maximum atomic E-state index is 12.3. The van der Waals surface area contributed by atoms with E-state index in [1.54, 1.807) is 12.1 Å². The zero-order valence-corrected chi connectivity index (χ0v) is 19.7. The number of thiophene rings is 1. The molecule has 1 fully saturated rings. The second-order valence-corrected chi connectivity index (χ2v) is 9.79. The summed E-state index contributed by atoms with van der Waals surface area (Å²) in [5, 5.41) is 11.4. The van der Waals surface area contributed by atoms with Crippen LogP contribution in [0.15, 0.2) is 36.4 Å². The first-order chi connectivity index (χ1) is 15.4. The zero-order chi connectivity index (χ0) is 22.7. The van der Waals surface area contributed by atoms with Crippen molar-refractivity contribution in [2.45, 2.75) is 38.9 Å². The Morgan fingerprint density at radius 1 is 1.34 bits per heavy atom. The Morgan fingerprint density at radius 2 is 2.12 bits per heavy atom. The van der Waals surface area contributed by atoms with E-state index >= 15 is 0 Å². The smallest absolute Gasteiger partial charge is 0.261 e. The number of hydroxylamine groups is 1. The minimum absolute atomic E-state index is 0.0133. The van der Waals surface area contributed by atoms with Gasteiger partial charge in [0.2, 0.25) is 0 Å². The first kappa shape index (κ1) is 22.6. The second kappa shape index (κ2) is 9.94. The predicted octanol–water partition coefficient (Wildman–Crippen LogP) is 4.28. The number of carbonyl (C=O) groups is 1. The lowest BCUT2D eigenvalue weighted by Crippen LogP contribution is -2.31. The number of nitrogens with zero attached hydrogens (tertiary/aromatic N) is 1. The third kappa shape index (κ3) is 5.26. The van der Waals surface area contributed by atoms with Gasteiger partial charge in [0.25, 0.3) is 5.91 Å². The van der Waals surface area contributed by atoms with Crippen molar-refractivity contribution in [2.75, 3.05) is 19.6 Å². The van der Waals surface area contributed by atoms with Crippen molar-refractivity contribution in [3.8, 4) is 5.75 Å². The summed E-state index contributed by atoms with van der Waals surface area (Å²) < 4.78 is 6.65. The van der Waals surface area contributed by atoms with Crippen LogP contribution < -0.4 is 15.5 Å². The largest absolute Gasteiger partial charge is 0.490 e. The van der Waals surface area contributed by atoms with Gasteiger partial charge in [-0.2, -0.15) is 0 Å². The summed E-state index contributed by atoms with van der Waals surface area (Å²) in [6.45, 7) is 6.12. The van der Waals surface area contributed by atoms with Crippen LogP contribution in [0.25, 0.3) is 5.70 Å². The highest BCUT2D eigenvalue weighted by atomic mass is 35.5. The summed E-state index contributed by atoms with van der Waals surface area (Å²) in [6, 6.07) is 9.23. The van der Waals surface area contributed by atoms with E-state index in [9.17, 15) is 4.79 Å². The summed E-state index contributed by atoms with van der Waals surface area (Å²) in [5.74, 6) is 1.05. The molecule has 2 aliphatic heterocycles. The Labute approximate surface area is 196 Å². The third-order valence-electron chi connectivity index (χ3n) is 5.26. The molecule has 0 spiro atoms. The maximum absolute atomic E-state index is 12.3. The number of hydrogen-bond acceptors (Lipinski definition) is 6. The number of nitrogens with one attached hydrogen (secondary N) is 3. The van der Waals surface area contributed by atoms with E-state index in [2.05, 4.69) is 15.7 Å². The highest BCUT2D eigenvalue weighted by molar-refractivity contribution is 7.18. The molecule has 2 aromatic rings. The van der Waals surface area contributed by atoms with Gasteiger partial charge in [-0.25, -0.2) is 0 Å². The number of carbonyl (C=O) groups excluding carboxylic acids is 1. The molecule has 0 saturated carbocycles. The first-order valence-electron chi connectivity index (χ1n) is 10.7. The van der Waals surface area contributed by atoms with Crippen molar-refractivity contribution in [3.05, 3.63) is 56.7 Å². The molecule has 1 unspecified atom stereocenters. The van der Waals surface area contributed by atoms with E-state index in [4.69, 9.17) is 26.6 Å². The van der Waals surface area contributed by atoms with E-state index < -0.39 is 0 Å². The summed E-state index contributed by atoms with van der Waals surface area (Å²) >= 11 is 7.14. The lowest BCUT2D eigenvalue weighted by atomic mass is 10.1. The molecule has 1 saturated heterocycles. The highest BCUT2D eigenvalue weighted by Gasteiger charge is 2.23. The van der Waals surface area contributed by atoms with E-state index in [0.717, 1.165) is 42.8 Å². The minimum Gasteiger partial charge on any atom is -0.490 e. The number of amidine groups is 1. The van der Waals surface area contributed by atoms with Gasteiger partial charge in [-0.1, -0.05) is 17.7 Å². The monoisotopic (exact) mass is 474 g/mol. The molecule has 1 aromatic carbocycles. The normalized spacial score (nSPS) is 17.9. The minimum atomic E-state index is -0.321. The number of rotatable bonds is 7. The Bertz CT molecular complexity index is 1030. The average molecular weight is 475 g/mol. The van der Waals surface area contributed by atoms with Gasteiger partial charge in [-0.3, -0.25) is 20.5 Å². The van der Waals surface area contributed by atoms with Crippen molar-refractivity contribution in [1.29, 1.82) is 5.41 Å². The van der Waals surface area contributed by atoms with Crippen LogP contribution in [0.3, 0.4) is 0 Å². The van der Waals surface area contributed by atoms with Crippen LogP contribution in [-0.2, 0) is 4.84 Å². The van der Waals surface area contributed by atoms with E-state index in [0.29, 0.717) is 27.3 Å². The topological polar surface area (TPSA) is 86.7 Å². The molecule has 9 heteroatoms. The fourth-order valence-corrected chi connectivity index (χ4v) is 4.68. The number of ether oxygens (including phenoxy) is 1. The number of hydrogen-bond donors (Lipinski definition) is 3. The molecule has 4 rings (SSSR count). The Morgan fingerprint density at radius 3 is 2.81 bits per heavy atom. The molecule has 0 bridgehead atoms. The molecule has 170 valence electrons. The maximum Gasteiger partial charge on any atom is 0.261 e. The zero-order valence-electron chi connectivity index (χ0n) is 18.1. The fraction of sp³-hybridized carbons (Fsp3) is 0.391. The van der Waals surface area contributed by atoms with Crippen molar-refractivity contribution < 1.29 is 14.4 Å². The van der Waals surface area contributed by atoms with E-state index in [1.807, 2.05) is 38.1 Å². The molecule has 2 aliphatic rings. The molecule has 7 nitrogen and oxygen atoms in total. The molecule has 1 aromatic heterocycles. The molecule has 0 aliphatic carbocycles. The number of halogens is 1. The van der Waals surface area contributed by atoms with Gasteiger partial charge < -0.3 is 15.0 Å². The van der Waals surface area contributed by atoms with Crippen molar-refractivity contribution >= 4 is 40.4 Å². The van der Waals surface area contributed by atoms with Crippen LogP contribution in [0.2, 0.25) is 4.34 Å². The molecular weight excluding hydrogens is 448 g/mol. The standard InChI is InChI=1S/C23H27ClN4O3S/c1-14(2)30-19-11-15(22(25)28-9-3-4-10-28)5-6-17(19)18-12-16(31-27-18)13-26-23(29)20-7-8-21(24)32-20/h5-8,11-12,14,16,25,27H,3-4,9-10,13H2,1-2H3,(H,26,29). The van der Waals surface area contributed by atoms with Crippen LogP contribution >= 0.6 is 22.9 Å². The van der Waals surface area contributed by atoms with Crippen LogP contribution in [0.4, 0.5) is 0 Å². The van der Waals surface area contributed by atoms with E-state index in [1.165, 1.54) is 11.3 Å². The Hall–Kier alpha value is -2.55. The summed E-state index contributed by atoms with van der Waals surface area (Å²) in [5.41, 5.74) is 5.43. The van der Waals surface area contributed by atoms with Gasteiger partial charge in [0, 0.05) is 24.2 Å². The van der Waals surface area contributed by atoms with Crippen LogP contribution in [-0.4, -0.2) is 48.5 Å². The van der Waals surface area contributed by atoms with Gasteiger partial charge in [0.15, 0.2) is 0 Å². The molecule has 32 heavy (non-hydrogen) atoms. The van der Waals surface area contributed by atoms with Crippen LogP contribution in [0, 0.1) is 5.41 Å². The number of likely N-dealkylation sites (tertiary alicyclic amines) is 1. The van der Waals surface area contributed by atoms with Gasteiger partial charge >= 0.3 is 0 Å². The second-order valence-electron chi connectivity index (χ2n) is 8.07. The molecular formula is C23H27ClN4O3S. The van der Waals surface area contributed by atoms with Crippen molar-refractivity contribution in [2.24, 2.45) is 0 Å². The molecule has 1 atom stereocenters. The Balaban J connectivity index is 1.47. The van der Waals surface area contributed by atoms with E-state index in [-0.39, 0.29) is 18.1 Å². The van der Waals surface area contributed by atoms with Gasteiger partial charge in [-0.15, -0.1) is 11.3 Å². The lowest BCUT2D eigenvalue weighted by Gasteiger charge is -2.21. The lowest BCUT2D eigenvalue weighted by molar-refractivity contribution is 0.0498. The van der Waals surface area contributed by atoms with Crippen LogP contribution in [0.5, 0.6) is 5.75 Å². The average Bonchev–Trinajstić information content (AvgIpc) is 3.53. The number of amides is 1. The first-order valence-corrected chi connectivity index (χ1v) is 11.9. The molecule has 1 amide bonds. The predicted molar refractivity (Wildman–Crippen MR) is 127 cm³/mol. The third-order valence-corrected chi connectivity index (χ3v) is 6.49. The Kier molecular flexibility index (Phi) is 7.03. The van der Waals surface area contributed by atoms with Gasteiger partial charge in [-0.05, 0) is 57.0 Å². The summed E-state index contributed by atoms with van der Waals surface area (Å²) in [6.07, 6.45) is 3.85. The quantitative estimate of drug-likeness (QED) is 0.412. The summed E-state index contributed by atoms with van der Waals surface area (Å²) in [7, 11) is 0. The van der Waals surface area contributed by atoms with Gasteiger partial charge in [0.05, 0.1) is 27.6 Å². The SMILES string of the molecule is CC(C)Oc1cc(C(=N)N2CCCC2)ccc1C1=CC(CNC(=O)c2ccc(Cl)s2)ON1. The summed E-state index contributed by atoms with van der Waals surface area (Å²) in [4.78, 5) is 20.6. The highest BCUT2D eigenvalue weighted by Crippen LogP contribution is 2.30. The molecule has 3 N–H and O–H groups in total. The van der Waals surface area contributed by atoms with Crippen LogP contribution in [0.1, 0.15) is 47.5 Å². The van der Waals surface area contributed by atoms with Crippen molar-refractivity contribution in [3.63, 3.8) is 0 Å². The van der Waals surface area contributed by atoms with Crippen molar-refractivity contribution in [1.82, 2.24) is 15.7 Å².